The zero-order valence-corrected chi connectivity index (χ0v) is 13.0. The molecule has 18 heavy (non-hydrogen) atoms. The first-order valence-corrected chi connectivity index (χ1v) is 7.73. The van der Waals surface area contributed by atoms with Gasteiger partial charge < -0.3 is 10.2 Å². The van der Waals surface area contributed by atoms with Crippen LogP contribution >= 0.6 is 11.3 Å². The maximum absolute atomic E-state index is 4.88. The van der Waals surface area contributed by atoms with Crippen LogP contribution in [0, 0.1) is 11.8 Å². The van der Waals surface area contributed by atoms with Gasteiger partial charge in [-0.15, -0.1) is 11.3 Å². The lowest BCUT2D eigenvalue weighted by atomic mass is 10.0. The van der Waals surface area contributed by atoms with E-state index in [2.05, 4.69) is 37.9 Å². The minimum absolute atomic E-state index is 0.510. The summed E-state index contributed by atoms with van der Waals surface area (Å²) in [5.74, 6) is 2.07. The molecule has 1 aromatic rings. The number of hydrogen-bond donors (Lipinski definition) is 1. The first-order valence-electron chi connectivity index (χ1n) is 6.92. The van der Waals surface area contributed by atoms with Gasteiger partial charge in [-0.1, -0.05) is 27.7 Å². The second kappa shape index (κ2) is 5.57. The van der Waals surface area contributed by atoms with Crippen molar-refractivity contribution in [2.45, 2.75) is 40.2 Å². The third-order valence-corrected chi connectivity index (χ3v) is 4.99. The molecule has 2 unspecified atom stereocenters. The summed E-state index contributed by atoms with van der Waals surface area (Å²) < 4.78 is 0. The van der Waals surface area contributed by atoms with E-state index in [9.17, 15) is 0 Å². The molecule has 0 amide bonds. The minimum Gasteiger partial charge on any atom is -0.348 e. The molecule has 2 atom stereocenters. The molecule has 2 heterocycles. The van der Waals surface area contributed by atoms with Crippen molar-refractivity contribution < 1.29 is 0 Å². The Bertz CT molecular complexity index is 390. The molecule has 0 saturated carbocycles. The van der Waals surface area contributed by atoms with Crippen molar-refractivity contribution in [3.63, 3.8) is 0 Å². The van der Waals surface area contributed by atoms with E-state index in [1.165, 1.54) is 15.7 Å². The zero-order valence-electron chi connectivity index (χ0n) is 12.2. The third kappa shape index (κ3) is 2.69. The molecular weight excluding hydrogens is 242 g/mol. The van der Waals surface area contributed by atoms with E-state index in [0.29, 0.717) is 5.92 Å². The summed E-state index contributed by atoms with van der Waals surface area (Å²) in [5, 5.41) is 4.47. The fraction of sp³-hybridized carbons (Fsp3) is 0.786. The number of hydrogen-bond acceptors (Lipinski definition) is 4. The fourth-order valence-electron chi connectivity index (χ4n) is 2.51. The van der Waals surface area contributed by atoms with Gasteiger partial charge in [-0.2, -0.15) is 0 Å². The quantitative estimate of drug-likeness (QED) is 0.908. The molecule has 1 saturated heterocycles. The molecule has 1 aromatic heterocycles. The van der Waals surface area contributed by atoms with Gasteiger partial charge in [0.15, 0.2) is 5.13 Å². The van der Waals surface area contributed by atoms with Crippen LogP contribution in [0.3, 0.4) is 0 Å². The molecule has 1 aliphatic heterocycles. The Balaban J connectivity index is 2.21. The SMILES string of the molecule is CNCc1sc(N2CC(C)C(C)C2)nc1C(C)C. The van der Waals surface area contributed by atoms with Crippen LogP contribution in [0.4, 0.5) is 5.13 Å². The lowest BCUT2D eigenvalue weighted by Crippen LogP contribution is -2.19. The van der Waals surface area contributed by atoms with Crippen molar-refractivity contribution in [1.29, 1.82) is 0 Å². The molecule has 0 aromatic carbocycles. The summed E-state index contributed by atoms with van der Waals surface area (Å²) >= 11 is 1.87. The summed E-state index contributed by atoms with van der Waals surface area (Å²) in [7, 11) is 2.00. The first kappa shape index (κ1) is 13.8. The van der Waals surface area contributed by atoms with Crippen molar-refractivity contribution in [2.75, 3.05) is 25.0 Å². The summed E-state index contributed by atoms with van der Waals surface area (Å²) in [6, 6.07) is 0. The Morgan fingerprint density at radius 3 is 2.44 bits per heavy atom. The van der Waals surface area contributed by atoms with Crippen molar-refractivity contribution in [2.24, 2.45) is 11.8 Å². The van der Waals surface area contributed by atoms with Gasteiger partial charge >= 0.3 is 0 Å². The van der Waals surface area contributed by atoms with Gasteiger partial charge in [0.25, 0.3) is 0 Å². The molecule has 4 heteroatoms. The average molecular weight is 267 g/mol. The smallest absolute Gasteiger partial charge is 0.185 e. The standard InChI is InChI=1S/C14H25N3S/c1-9(2)13-12(6-15-5)18-14(16-13)17-7-10(3)11(4)8-17/h9-11,15H,6-8H2,1-5H3. The van der Waals surface area contributed by atoms with Gasteiger partial charge in [0, 0.05) is 24.5 Å². The maximum Gasteiger partial charge on any atom is 0.185 e. The van der Waals surface area contributed by atoms with Gasteiger partial charge in [0.05, 0.1) is 5.69 Å². The van der Waals surface area contributed by atoms with Crippen molar-refractivity contribution >= 4 is 16.5 Å². The number of nitrogens with zero attached hydrogens (tertiary/aromatic N) is 2. The number of nitrogens with one attached hydrogen (secondary N) is 1. The highest BCUT2D eigenvalue weighted by Gasteiger charge is 2.28. The van der Waals surface area contributed by atoms with E-state index in [0.717, 1.165) is 31.5 Å². The molecule has 102 valence electrons. The number of rotatable bonds is 4. The second-order valence-electron chi connectivity index (χ2n) is 5.85. The van der Waals surface area contributed by atoms with Crippen molar-refractivity contribution in [3.8, 4) is 0 Å². The highest BCUT2D eigenvalue weighted by Crippen LogP contribution is 2.34. The maximum atomic E-state index is 4.88. The molecule has 1 N–H and O–H groups in total. The van der Waals surface area contributed by atoms with E-state index < -0.39 is 0 Å². The van der Waals surface area contributed by atoms with E-state index in [1.807, 2.05) is 18.4 Å². The van der Waals surface area contributed by atoms with Crippen LogP contribution in [0.1, 0.15) is 44.2 Å². The van der Waals surface area contributed by atoms with Crippen molar-refractivity contribution in [1.82, 2.24) is 10.3 Å². The third-order valence-electron chi connectivity index (χ3n) is 3.86. The second-order valence-corrected chi connectivity index (χ2v) is 6.91. The van der Waals surface area contributed by atoms with Gasteiger partial charge in [0.2, 0.25) is 0 Å². The van der Waals surface area contributed by atoms with Crippen LogP contribution in [-0.4, -0.2) is 25.1 Å². The first-order chi connectivity index (χ1) is 8.52. The zero-order chi connectivity index (χ0) is 13.3. The number of thiazole rings is 1. The summed E-state index contributed by atoms with van der Waals surface area (Å²) in [5.41, 5.74) is 1.27. The van der Waals surface area contributed by atoms with Crippen LogP contribution in [0.15, 0.2) is 0 Å². The number of aromatic nitrogens is 1. The van der Waals surface area contributed by atoms with Crippen LogP contribution in [0.25, 0.3) is 0 Å². The molecule has 2 rings (SSSR count). The minimum atomic E-state index is 0.510. The Morgan fingerprint density at radius 2 is 1.94 bits per heavy atom. The summed E-state index contributed by atoms with van der Waals surface area (Å²) in [6.45, 7) is 12.4. The topological polar surface area (TPSA) is 28.2 Å². The monoisotopic (exact) mass is 267 g/mol. The van der Waals surface area contributed by atoms with E-state index in [4.69, 9.17) is 4.98 Å². The van der Waals surface area contributed by atoms with Gasteiger partial charge in [-0.3, -0.25) is 0 Å². The molecule has 1 fully saturated rings. The Labute approximate surface area is 115 Å². The van der Waals surface area contributed by atoms with E-state index in [-0.39, 0.29) is 0 Å². The van der Waals surface area contributed by atoms with Crippen LogP contribution < -0.4 is 10.2 Å². The van der Waals surface area contributed by atoms with E-state index in [1.54, 1.807) is 0 Å². The number of anilines is 1. The highest BCUT2D eigenvalue weighted by atomic mass is 32.1. The normalized spacial score (nSPS) is 24.2. The molecule has 0 bridgehead atoms. The van der Waals surface area contributed by atoms with Gasteiger partial charge in [-0.05, 0) is 24.8 Å². The van der Waals surface area contributed by atoms with Gasteiger partial charge in [0.1, 0.15) is 0 Å². The molecule has 0 radical (unpaired) electrons. The molecule has 3 nitrogen and oxygen atoms in total. The molecule has 0 aliphatic carbocycles. The Morgan fingerprint density at radius 1 is 1.33 bits per heavy atom. The van der Waals surface area contributed by atoms with E-state index >= 15 is 0 Å². The summed E-state index contributed by atoms with van der Waals surface area (Å²) in [6.07, 6.45) is 0. The van der Waals surface area contributed by atoms with Crippen LogP contribution in [0.2, 0.25) is 0 Å². The van der Waals surface area contributed by atoms with Crippen molar-refractivity contribution in [3.05, 3.63) is 10.6 Å². The molecule has 0 spiro atoms. The predicted molar refractivity (Wildman–Crippen MR) is 79.5 cm³/mol. The highest BCUT2D eigenvalue weighted by molar-refractivity contribution is 7.15. The molecule has 1 aliphatic rings. The van der Waals surface area contributed by atoms with Gasteiger partial charge in [-0.25, -0.2) is 4.98 Å². The largest absolute Gasteiger partial charge is 0.348 e. The Hall–Kier alpha value is -0.610. The lowest BCUT2D eigenvalue weighted by molar-refractivity contribution is 0.494. The molecular formula is C14H25N3S. The van der Waals surface area contributed by atoms with Crippen LogP contribution in [0.5, 0.6) is 0 Å². The summed E-state index contributed by atoms with van der Waals surface area (Å²) in [4.78, 5) is 8.74. The predicted octanol–water partition coefficient (Wildman–Crippen LogP) is 3.08. The lowest BCUT2D eigenvalue weighted by Gasteiger charge is -2.13. The fourth-order valence-corrected chi connectivity index (χ4v) is 3.76. The van der Waals surface area contributed by atoms with Crippen LogP contribution in [-0.2, 0) is 6.54 Å². The average Bonchev–Trinajstić information content (AvgIpc) is 2.85. The Kier molecular flexibility index (Phi) is 4.28.